The molecule has 2 aromatic carbocycles. The van der Waals surface area contributed by atoms with Crippen LogP contribution in [0.25, 0.3) is 0 Å². The minimum absolute atomic E-state index is 0.108. The zero-order chi connectivity index (χ0) is 17.8. The van der Waals surface area contributed by atoms with Gasteiger partial charge in [-0.3, -0.25) is 15.1 Å². The zero-order valence-electron chi connectivity index (χ0n) is 13.5. The highest BCUT2D eigenvalue weighted by atomic mass is 35.5. The van der Waals surface area contributed by atoms with Gasteiger partial charge in [0.15, 0.2) is 0 Å². The van der Waals surface area contributed by atoms with Crippen molar-refractivity contribution < 1.29 is 14.9 Å². The van der Waals surface area contributed by atoms with E-state index in [-0.39, 0.29) is 16.6 Å². The average molecular weight is 360 g/mol. The standard InChI is InChI=1S/C18H18ClN3O3/c19-15-8-14(18(23)17(9-15)22(24)25)10-20-16-6-7-21(12-16)11-13-4-2-1-3-5-13/h1-5,8-10,16,23H,6-7,11-12H2/t16-/m0/s1. The number of hydrogen-bond donors (Lipinski definition) is 1. The van der Waals surface area contributed by atoms with Gasteiger partial charge in [-0.2, -0.15) is 0 Å². The number of hydrogen-bond acceptors (Lipinski definition) is 4. The molecule has 0 bridgehead atoms. The van der Waals surface area contributed by atoms with E-state index in [0.717, 1.165) is 32.1 Å². The maximum Gasteiger partial charge on any atom is 0.263 e. The molecule has 3 rings (SSSR count). The second-order valence-electron chi connectivity index (χ2n) is 6.19. The van der Waals surface area contributed by atoms with Crippen LogP contribution >= 0.6 is 11.6 Å². The molecule has 1 N–H and O–H groups in total. The molecule has 1 aliphatic rings. The minimum Gasteiger partial charge on any atom is -0.867 e. The summed E-state index contributed by atoms with van der Waals surface area (Å²) < 4.78 is 0. The third-order valence-electron chi connectivity index (χ3n) is 4.34. The van der Waals surface area contributed by atoms with Gasteiger partial charge in [0.1, 0.15) is 19.1 Å². The van der Waals surface area contributed by atoms with Crippen LogP contribution < -0.4 is 10.0 Å². The van der Waals surface area contributed by atoms with Gasteiger partial charge in [-0.15, -0.1) is 0 Å². The van der Waals surface area contributed by atoms with Crippen LogP contribution in [0.3, 0.4) is 0 Å². The molecular formula is C18H18ClN3O3. The number of nitrogens with zero attached hydrogens (tertiary/aromatic N) is 2. The highest BCUT2D eigenvalue weighted by Gasteiger charge is 2.25. The van der Waals surface area contributed by atoms with Crippen LogP contribution in [0.4, 0.5) is 5.69 Å². The van der Waals surface area contributed by atoms with Crippen LogP contribution in [0.1, 0.15) is 17.5 Å². The lowest BCUT2D eigenvalue weighted by molar-refractivity contribution is -0.901. The van der Waals surface area contributed by atoms with Crippen LogP contribution in [0.2, 0.25) is 5.02 Å². The lowest BCUT2D eigenvalue weighted by atomic mass is 10.2. The second-order valence-corrected chi connectivity index (χ2v) is 6.62. The molecule has 0 radical (unpaired) electrons. The zero-order valence-corrected chi connectivity index (χ0v) is 14.3. The monoisotopic (exact) mass is 359 g/mol. The third kappa shape index (κ3) is 4.35. The first kappa shape index (κ1) is 17.4. The Morgan fingerprint density at radius 1 is 1.32 bits per heavy atom. The Bertz CT molecular complexity index is 796. The first-order chi connectivity index (χ1) is 12.0. The molecule has 1 heterocycles. The summed E-state index contributed by atoms with van der Waals surface area (Å²) in [7, 11) is 0. The number of quaternary nitrogens is 1. The highest BCUT2D eigenvalue weighted by molar-refractivity contribution is 6.31. The third-order valence-corrected chi connectivity index (χ3v) is 4.55. The summed E-state index contributed by atoms with van der Waals surface area (Å²) in [5.74, 6) is -0.648. The van der Waals surface area contributed by atoms with E-state index in [4.69, 9.17) is 11.6 Å². The number of nitrogens with one attached hydrogen (secondary N) is 1. The topological polar surface area (TPSA) is 83.0 Å². The van der Waals surface area contributed by atoms with Crippen molar-refractivity contribution in [2.75, 3.05) is 13.1 Å². The van der Waals surface area contributed by atoms with Gasteiger partial charge >= 0.3 is 0 Å². The fourth-order valence-corrected chi connectivity index (χ4v) is 3.32. The van der Waals surface area contributed by atoms with Crippen molar-refractivity contribution in [3.8, 4) is 5.75 Å². The molecule has 1 aliphatic heterocycles. The van der Waals surface area contributed by atoms with Gasteiger partial charge < -0.3 is 10.0 Å². The van der Waals surface area contributed by atoms with E-state index in [0.29, 0.717) is 0 Å². The molecule has 25 heavy (non-hydrogen) atoms. The Balaban J connectivity index is 1.66. The molecule has 1 fully saturated rings. The van der Waals surface area contributed by atoms with Crippen molar-refractivity contribution in [1.29, 1.82) is 0 Å². The summed E-state index contributed by atoms with van der Waals surface area (Å²) in [6, 6.07) is 12.9. The Kier molecular flexibility index (Phi) is 5.31. The molecule has 0 saturated carbocycles. The smallest absolute Gasteiger partial charge is 0.263 e. The summed E-state index contributed by atoms with van der Waals surface area (Å²) in [6.45, 7) is 2.83. The molecule has 2 aromatic rings. The number of nitro benzene ring substituents is 1. The predicted molar refractivity (Wildman–Crippen MR) is 94.4 cm³/mol. The number of rotatable bonds is 5. The fourth-order valence-electron chi connectivity index (χ4n) is 3.10. The van der Waals surface area contributed by atoms with Gasteiger partial charge in [0.05, 0.1) is 11.5 Å². The van der Waals surface area contributed by atoms with Crippen molar-refractivity contribution in [3.05, 3.63) is 68.7 Å². The Hall–Kier alpha value is -2.44. The van der Waals surface area contributed by atoms with Gasteiger partial charge in [-0.25, -0.2) is 0 Å². The van der Waals surface area contributed by atoms with E-state index in [1.54, 1.807) is 0 Å². The lowest BCUT2D eigenvalue weighted by Crippen LogP contribution is -3.09. The van der Waals surface area contributed by atoms with E-state index >= 15 is 0 Å². The average Bonchev–Trinajstić information content (AvgIpc) is 3.03. The van der Waals surface area contributed by atoms with Crippen LogP contribution in [0.15, 0.2) is 47.5 Å². The maximum absolute atomic E-state index is 12.1. The lowest BCUT2D eigenvalue weighted by Gasteiger charge is -2.13. The summed E-state index contributed by atoms with van der Waals surface area (Å²) in [5, 5.41) is 23.1. The molecule has 1 saturated heterocycles. The van der Waals surface area contributed by atoms with Crippen molar-refractivity contribution in [2.24, 2.45) is 4.99 Å². The molecule has 1 unspecified atom stereocenters. The maximum atomic E-state index is 12.1. The SMILES string of the molecule is O=[N+]([O-])c1cc(Cl)cc(C=N[C@H]2CC[NH+](Cc3ccccc3)C2)c1[O-]. The largest absolute Gasteiger partial charge is 0.867 e. The van der Waals surface area contributed by atoms with Crippen LogP contribution in [0, 0.1) is 10.1 Å². The molecular weight excluding hydrogens is 342 g/mol. The van der Waals surface area contributed by atoms with Gasteiger partial charge in [-0.1, -0.05) is 41.9 Å². The first-order valence-electron chi connectivity index (χ1n) is 8.08. The van der Waals surface area contributed by atoms with E-state index < -0.39 is 16.4 Å². The van der Waals surface area contributed by atoms with Crippen LogP contribution in [0.5, 0.6) is 5.75 Å². The molecule has 7 heteroatoms. The fraction of sp³-hybridized carbons (Fsp3) is 0.278. The number of benzene rings is 2. The van der Waals surface area contributed by atoms with Gasteiger partial charge in [0.2, 0.25) is 0 Å². The van der Waals surface area contributed by atoms with E-state index in [1.165, 1.54) is 22.7 Å². The highest BCUT2D eigenvalue weighted by Crippen LogP contribution is 2.30. The van der Waals surface area contributed by atoms with E-state index in [9.17, 15) is 15.2 Å². The summed E-state index contributed by atoms with van der Waals surface area (Å²) >= 11 is 5.87. The Labute approximate surface area is 150 Å². The number of aliphatic imine (C=N–C) groups is 1. The molecule has 0 amide bonds. The van der Waals surface area contributed by atoms with Crippen molar-refractivity contribution in [1.82, 2.24) is 0 Å². The molecule has 0 spiro atoms. The molecule has 0 aromatic heterocycles. The first-order valence-corrected chi connectivity index (χ1v) is 8.46. The summed E-state index contributed by atoms with van der Waals surface area (Å²) in [4.78, 5) is 16.1. The second kappa shape index (κ2) is 7.63. The number of likely N-dealkylation sites (tertiary alicyclic amines) is 1. The molecule has 0 aliphatic carbocycles. The Morgan fingerprint density at radius 2 is 2.08 bits per heavy atom. The molecule has 130 valence electrons. The van der Waals surface area contributed by atoms with Gasteiger partial charge in [-0.05, 0) is 17.4 Å². The van der Waals surface area contributed by atoms with E-state index in [2.05, 4.69) is 17.1 Å². The van der Waals surface area contributed by atoms with Crippen LogP contribution in [-0.2, 0) is 6.54 Å². The number of nitro groups is 1. The predicted octanol–water partition coefficient (Wildman–Crippen LogP) is 1.60. The van der Waals surface area contributed by atoms with Gasteiger partial charge in [0, 0.05) is 29.3 Å². The van der Waals surface area contributed by atoms with Gasteiger partial charge in [0.25, 0.3) is 5.69 Å². The van der Waals surface area contributed by atoms with Crippen molar-refractivity contribution >= 4 is 23.5 Å². The summed E-state index contributed by atoms with van der Waals surface area (Å²) in [5.41, 5.74) is 0.932. The molecule has 2 atom stereocenters. The minimum atomic E-state index is -0.715. The van der Waals surface area contributed by atoms with E-state index in [1.807, 2.05) is 18.2 Å². The quantitative estimate of drug-likeness (QED) is 0.500. The van der Waals surface area contributed by atoms with Crippen molar-refractivity contribution in [3.63, 3.8) is 0 Å². The van der Waals surface area contributed by atoms with Crippen molar-refractivity contribution in [2.45, 2.75) is 19.0 Å². The summed E-state index contributed by atoms with van der Waals surface area (Å²) in [6.07, 6.45) is 2.35. The Morgan fingerprint density at radius 3 is 2.80 bits per heavy atom. The molecule has 6 nitrogen and oxygen atoms in total. The van der Waals surface area contributed by atoms with Crippen LogP contribution in [-0.4, -0.2) is 30.3 Å². The number of halogens is 1. The normalized spacial score (nSPS) is 20.2.